The molecule has 0 spiro atoms. The van der Waals surface area contributed by atoms with Gasteiger partial charge in [-0.2, -0.15) is 5.10 Å². The molecule has 0 aliphatic rings. The highest BCUT2D eigenvalue weighted by Crippen LogP contribution is 2.31. The maximum atomic E-state index is 6.28. The molecule has 110 valence electrons. The monoisotopic (exact) mass is 367 g/mol. The fourth-order valence-corrected chi connectivity index (χ4v) is 3.14. The molecule has 0 bridgehead atoms. The number of rotatable bonds is 3. The molecule has 2 aromatic heterocycles. The van der Waals surface area contributed by atoms with Crippen LogP contribution in [0, 0.1) is 6.92 Å². The quantitative estimate of drug-likeness (QED) is 0.756. The molecule has 3 rings (SSSR count). The third-order valence-corrected chi connectivity index (χ3v) is 4.67. The molecule has 6 heteroatoms. The van der Waals surface area contributed by atoms with Crippen molar-refractivity contribution in [2.45, 2.75) is 19.4 Å². The Morgan fingerprint density at radius 1 is 1.48 bits per heavy atom. The van der Waals surface area contributed by atoms with Gasteiger partial charge in [0.05, 0.1) is 26.9 Å². The van der Waals surface area contributed by atoms with Gasteiger partial charge in [-0.15, -0.1) is 0 Å². The number of hydrogen-bond acceptors (Lipinski definition) is 3. The predicted molar refractivity (Wildman–Crippen MR) is 87.5 cm³/mol. The van der Waals surface area contributed by atoms with Gasteiger partial charge in [0.15, 0.2) is 0 Å². The second kappa shape index (κ2) is 5.48. The molecular weight excluding hydrogens is 354 g/mol. The first-order valence-electron chi connectivity index (χ1n) is 6.59. The molecule has 2 N–H and O–H groups in total. The molecule has 2 heterocycles. The highest BCUT2D eigenvalue weighted by molar-refractivity contribution is 9.10. The molecule has 1 unspecified atom stereocenters. The Hall–Kier alpha value is -1.30. The van der Waals surface area contributed by atoms with Gasteiger partial charge < -0.3 is 10.2 Å². The summed E-state index contributed by atoms with van der Waals surface area (Å²) < 4.78 is 8.57. The maximum Gasteiger partial charge on any atom is 0.148 e. The van der Waals surface area contributed by atoms with E-state index in [0.717, 1.165) is 32.6 Å². The van der Waals surface area contributed by atoms with Gasteiger partial charge in [0, 0.05) is 18.9 Å². The number of benzene rings is 1. The van der Waals surface area contributed by atoms with Gasteiger partial charge >= 0.3 is 0 Å². The highest BCUT2D eigenvalue weighted by Gasteiger charge is 2.19. The smallest absolute Gasteiger partial charge is 0.148 e. The first-order chi connectivity index (χ1) is 9.97. The van der Waals surface area contributed by atoms with E-state index < -0.39 is 0 Å². The van der Waals surface area contributed by atoms with E-state index >= 15 is 0 Å². The molecule has 3 aromatic rings. The number of aryl methyl sites for hydroxylation is 2. The van der Waals surface area contributed by atoms with Gasteiger partial charge in [0.2, 0.25) is 0 Å². The number of aromatic nitrogens is 2. The number of nitrogens with zero attached hydrogens (tertiary/aromatic N) is 2. The summed E-state index contributed by atoms with van der Waals surface area (Å²) in [7, 11) is 1.87. The van der Waals surface area contributed by atoms with Crippen molar-refractivity contribution in [3.05, 3.63) is 50.9 Å². The molecule has 0 saturated carbocycles. The standard InChI is InChI=1S/C15H15BrClN3O/c1-8-14(17)12(20(2)19-8)7-11(18)13-6-9-4-3-5-10(16)15(9)21-13/h3-6,11H,7,18H2,1-2H3. The zero-order valence-electron chi connectivity index (χ0n) is 11.7. The summed E-state index contributed by atoms with van der Waals surface area (Å²) in [6.45, 7) is 1.88. The number of para-hydroxylation sites is 1. The molecular formula is C15H15BrClN3O. The summed E-state index contributed by atoms with van der Waals surface area (Å²) in [4.78, 5) is 0. The number of hydrogen-bond donors (Lipinski definition) is 1. The Bertz CT molecular complexity index is 809. The third kappa shape index (κ3) is 2.61. The second-order valence-corrected chi connectivity index (χ2v) is 6.32. The fourth-order valence-electron chi connectivity index (χ4n) is 2.44. The molecule has 0 aliphatic carbocycles. The van der Waals surface area contributed by atoms with E-state index in [9.17, 15) is 0 Å². The lowest BCUT2D eigenvalue weighted by molar-refractivity contribution is 0.485. The Kier molecular flexibility index (Phi) is 3.82. The molecule has 0 radical (unpaired) electrons. The zero-order chi connectivity index (χ0) is 15.1. The van der Waals surface area contributed by atoms with Gasteiger partial charge in [-0.05, 0) is 35.0 Å². The van der Waals surface area contributed by atoms with Crippen LogP contribution >= 0.6 is 27.5 Å². The minimum absolute atomic E-state index is 0.267. The largest absolute Gasteiger partial charge is 0.458 e. The number of nitrogens with two attached hydrogens (primary N) is 1. The summed E-state index contributed by atoms with van der Waals surface area (Å²) in [5.74, 6) is 0.742. The molecule has 0 fully saturated rings. The van der Waals surface area contributed by atoms with Crippen molar-refractivity contribution in [1.82, 2.24) is 9.78 Å². The van der Waals surface area contributed by atoms with Crippen LogP contribution in [-0.2, 0) is 13.5 Å². The van der Waals surface area contributed by atoms with Gasteiger partial charge in [-0.1, -0.05) is 23.7 Å². The van der Waals surface area contributed by atoms with E-state index in [2.05, 4.69) is 21.0 Å². The first kappa shape index (κ1) is 14.6. The minimum atomic E-state index is -0.267. The van der Waals surface area contributed by atoms with Crippen LogP contribution in [0.25, 0.3) is 11.0 Å². The van der Waals surface area contributed by atoms with Crippen LogP contribution in [-0.4, -0.2) is 9.78 Å². The van der Waals surface area contributed by atoms with Gasteiger partial charge in [-0.3, -0.25) is 4.68 Å². The van der Waals surface area contributed by atoms with Crippen LogP contribution in [0.1, 0.15) is 23.2 Å². The molecule has 0 saturated heterocycles. The van der Waals surface area contributed by atoms with Crippen molar-refractivity contribution in [2.75, 3.05) is 0 Å². The summed E-state index contributed by atoms with van der Waals surface area (Å²) in [6, 6.07) is 7.63. The van der Waals surface area contributed by atoms with Crippen LogP contribution in [0.4, 0.5) is 0 Å². The molecule has 0 amide bonds. The molecule has 1 atom stereocenters. The molecule has 1 aromatic carbocycles. The second-order valence-electron chi connectivity index (χ2n) is 5.09. The lowest BCUT2D eigenvalue weighted by atomic mass is 10.1. The SMILES string of the molecule is Cc1nn(C)c(CC(N)c2cc3cccc(Br)c3o2)c1Cl. The average Bonchev–Trinajstić information content (AvgIpc) is 2.97. The van der Waals surface area contributed by atoms with E-state index in [1.165, 1.54) is 0 Å². The van der Waals surface area contributed by atoms with E-state index in [4.69, 9.17) is 21.8 Å². The van der Waals surface area contributed by atoms with E-state index in [-0.39, 0.29) is 6.04 Å². The fraction of sp³-hybridized carbons (Fsp3) is 0.267. The zero-order valence-corrected chi connectivity index (χ0v) is 14.1. The van der Waals surface area contributed by atoms with Crippen molar-refractivity contribution < 1.29 is 4.42 Å². The molecule has 0 aliphatic heterocycles. The summed E-state index contributed by atoms with van der Waals surface area (Å²) >= 11 is 9.76. The van der Waals surface area contributed by atoms with Gasteiger partial charge in [0.1, 0.15) is 11.3 Å². The lowest BCUT2D eigenvalue weighted by Gasteiger charge is -2.09. The van der Waals surface area contributed by atoms with Crippen molar-refractivity contribution in [2.24, 2.45) is 12.8 Å². The van der Waals surface area contributed by atoms with Gasteiger partial charge in [0.25, 0.3) is 0 Å². The third-order valence-electron chi connectivity index (χ3n) is 3.56. The Labute approximate surface area is 136 Å². The van der Waals surface area contributed by atoms with Crippen LogP contribution in [0.15, 0.2) is 33.2 Å². The van der Waals surface area contributed by atoms with Crippen LogP contribution < -0.4 is 5.73 Å². The minimum Gasteiger partial charge on any atom is -0.458 e. The number of furan rings is 1. The summed E-state index contributed by atoms with van der Waals surface area (Å²) in [5, 5.41) is 6.01. The van der Waals surface area contributed by atoms with Crippen molar-refractivity contribution in [1.29, 1.82) is 0 Å². The van der Waals surface area contributed by atoms with Crippen molar-refractivity contribution in [3.63, 3.8) is 0 Å². The summed E-state index contributed by atoms with van der Waals surface area (Å²) in [6.07, 6.45) is 0.577. The first-order valence-corrected chi connectivity index (χ1v) is 7.76. The Morgan fingerprint density at radius 2 is 2.24 bits per heavy atom. The Morgan fingerprint density at radius 3 is 2.86 bits per heavy atom. The predicted octanol–water partition coefficient (Wildman–Crippen LogP) is 4.13. The number of halogens is 2. The van der Waals surface area contributed by atoms with Crippen LogP contribution in [0.5, 0.6) is 0 Å². The van der Waals surface area contributed by atoms with E-state index in [1.54, 1.807) is 4.68 Å². The van der Waals surface area contributed by atoms with Crippen LogP contribution in [0.3, 0.4) is 0 Å². The average molecular weight is 369 g/mol. The number of fused-ring (bicyclic) bond motifs is 1. The van der Waals surface area contributed by atoms with Crippen molar-refractivity contribution >= 4 is 38.5 Å². The lowest BCUT2D eigenvalue weighted by Crippen LogP contribution is -2.15. The van der Waals surface area contributed by atoms with E-state index in [1.807, 2.05) is 38.2 Å². The van der Waals surface area contributed by atoms with Crippen molar-refractivity contribution in [3.8, 4) is 0 Å². The normalized spacial score (nSPS) is 13.0. The van der Waals surface area contributed by atoms with Gasteiger partial charge in [-0.25, -0.2) is 0 Å². The van der Waals surface area contributed by atoms with E-state index in [0.29, 0.717) is 11.4 Å². The van der Waals surface area contributed by atoms with Crippen LogP contribution in [0.2, 0.25) is 5.02 Å². The molecule has 4 nitrogen and oxygen atoms in total. The topological polar surface area (TPSA) is 57.0 Å². The molecule has 21 heavy (non-hydrogen) atoms. The summed E-state index contributed by atoms with van der Waals surface area (Å²) in [5.41, 5.74) is 8.83. The highest BCUT2D eigenvalue weighted by atomic mass is 79.9. The maximum absolute atomic E-state index is 6.28. The Balaban J connectivity index is 1.93.